The fraction of sp³-hybridized carbons (Fsp3) is 0.471. The number of morpholine rings is 1. The summed E-state index contributed by atoms with van der Waals surface area (Å²) in [6.07, 6.45) is 2.62. The molecule has 25 heavy (non-hydrogen) atoms. The normalized spacial score (nSPS) is 20.3. The second-order valence-electron chi connectivity index (χ2n) is 5.68. The van der Waals surface area contributed by atoms with Crippen molar-refractivity contribution in [2.45, 2.75) is 6.42 Å². The predicted octanol–water partition coefficient (Wildman–Crippen LogP) is 1.34. The summed E-state index contributed by atoms with van der Waals surface area (Å²) in [6, 6.07) is 7.73. The summed E-state index contributed by atoms with van der Waals surface area (Å²) in [6.45, 7) is 5.31. The average molecular weight is 362 g/mol. The Labute approximate surface area is 151 Å². The zero-order valence-corrected chi connectivity index (χ0v) is 14.8. The lowest BCUT2D eigenvalue weighted by molar-refractivity contribution is -0.116. The summed E-state index contributed by atoms with van der Waals surface area (Å²) in [5.41, 5.74) is 0.868. The molecule has 0 bridgehead atoms. The lowest BCUT2D eigenvalue weighted by Gasteiger charge is -2.26. The number of nitrogens with one attached hydrogen (secondary N) is 1. The minimum Gasteiger partial charge on any atom is -0.493 e. The highest BCUT2D eigenvalue weighted by Crippen LogP contribution is 2.16. The summed E-state index contributed by atoms with van der Waals surface area (Å²) >= 11 is 1.35. The maximum absolute atomic E-state index is 11.1. The van der Waals surface area contributed by atoms with E-state index in [1.807, 2.05) is 24.3 Å². The Balaban J connectivity index is 1.47. The monoisotopic (exact) mass is 362 g/mol. The van der Waals surface area contributed by atoms with Crippen LogP contribution in [0.1, 0.15) is 12.0 Å². The fourth-order valence-corrected chi connectivity index (χ4v) is 3.17. The zero-order valence-electron chi connectivity index (χ0n) is 14.0. The number of thioether (sulfide) groups is 1. The standard InChI is InChI=1S/C17H22N4O3S/c22-16-13-25-17(19-16)20-18-12-14-4-1-2-5-15(14)24-9-3-6-21-7-10-23-11-8-21/h1-2,4-5,12H,3,6-11,13H2,(H,19,20,22). The van der Waals surface area contributed by atoms with E-state index in [1.54, 1.807) is 6.21 Å². The van der Waals surface area contributed by atoms with E-state index >= 15 is 0 Å². The smallest absolute Gasteiger partial charge is 0.236 e. The van der Waals surface area contributed by atoms with Gasteiger partial charge < -0.3 is 14.8 Å². The van der Waals surface area contributed by atoms with E-state index in [0.29, 0.717) is 17.5 Å². The van der Waals surface area contributed by atoms with Crippen LogP contribution in [0.5, 0.6) is 5.75 Å². The van der Waals surface area contributed by atoms with Gasteiger partial charge in [0.1, 0.15) is 5.75 Å². The molecule has 0 spiro atoms. The summed E-state index contributed by atoms with van der Waals surface area (Å²) in [4.78, 5) is 13.5. The third-order valence-corrected chi connectivity index (χ3v) is 4.69. The van der Waals surface area contributed by atoms with Gasteiger partial charge in [-0.05, 0) is 18.6 Å². The number of rotatable bonds is 7. The van der Waals surface area contributed by atoms with E-state index in [-0.39, 0.29) is 5.91 Å². The average Bonchev–Trinajstić information content (AvgIpc) is 3.06. The topological polar surface area (TPSA) is 75.5 Å². The van der Waals surface area contributed by atoms with Gasteiger partial charge in [-0.25, -0.2) is 0 Å². The molecule has 1 aromatic rings. The highest BCUT2D eigenvalue weighted by Gasteiger charge is 2.16. The first-order chi connectivity index (χ1) is 12.3. The van der Waals surface area contributed by atoms with Gasteiger partial charge in [0.05, 0.1) is 31.8 Å². The first-order valence-electron chi connectivity index (χ1n) is 8.37. The quantitative estimate of drug-likeness (QED) is 0.450. The van der Waals surface area contributed by atoms with Gasteiger partial charge in [0.2, 0.25) is 5.91 Å². The molecule has 2 heterocycles. The number of amides is 1. The van der Waals surface area contributed by atoms with Crippen LogP contribution >= 0.6 is 11.8 Å². The van der Waals surface area contributed by atoms with Crippen LogP contribution in [0, 0.1) is 0 Å². The second kappa shape index (κ2) is 9.55. The van der Waals surface area contributed by atoms with Crippen LogP contribution in [0.15, 0.2) is 34.5 Å². The number of ether oxygens (including phenoxy) is 2. The molecule has 3 rings (SSSR count). The SMILES string of the molecule is O=C1CSC(=NN=Cc2ccccc2OCCCN2CCOCC2)N1. The van der Waals surface area contributed by atoms with Crippen LogP contribution < -0.4 is 10.1 Å². The second-order valence-corrected chi connectivity index (χ2v) is 6.64. The van der Waals surface area contributed by atoms with Gasteiger partial charge in [-0.1, -0.05) is 23.9 Å². The molecule has 2 aliphatic heterocycles. The van der Waals surface area contributed by atoms with Gasteiger partial charge in [0.15, 0.2) is 5.17 Å². The van der Waals surface area contributed by atoms with E-state index in [1.165, 1.54) is 11.8 Å². The van der Waals surface area contributed by atoms with Gasteiger partial charge >= 0.3 is 0 Å². The predicted molar refractivity (Wildman–Crippen MR) is 99.4 cm³/mol. The maximum Gasteiger partial charge on any atom is 0.236 e. The first-order valence-corrected chi connectivity index (χ1v) is 9.35. The third kappa shape index (κ3) is 5.84. The van der Waals surface area contributed by atoms with Crippen molar-refractivity contribution in [3.05, 3.63) is 29.8 Å². The largest absolute Gasteiger partial charge is 0.493 e. The van der Waals surface area contributed by atoms with Crippen molar-refractivity contribution in [3.8, 4) is 5.75 Å². The number of carbonyl (C=O) groups excluding carboxylic acids is 1. The zero-order chi connectivity index (χ0) is 17.3. The molecule has 0 aliphatic carbocycles. The summed E-state index contributed by atoms with van der Waals surface area (Å²) in [5.74, 6) is 1.15. The molecule has 1 amide bonds. The van der Waals surface area contributed by atoms with Gasteiger partial charge in [0, 0.05) is 25.2 Å². The van der Waals surface area contributed by atoms with Crippen LogP contribution in [0.25, 0.3) is 0 Å². The number of para-hydroxylation sites is 1. The van der Waals surface area contributed by atoms with E-state index < -0.39 is 0 Å². The van der Waals surface area contributed by atoms with Crippen molar-refractivity contribution in [1.82, 2.24) is 10.2 Å². The molecular formula is C17H22N4O3S. The lowest BCUT2D eigenvalue weighted by atomic mass is 10.2. The molecule has 0 radical (unpaired) electrons. The number of hydrogen-bond donors (Lipinski definition) is 1. The van der Waals surface area contributed by atoms with Crippen molar-refractivity contribution in [2.75, 3.05) is 45.2 Å². The van der Waals surface area contributed by atoms with E-state index in [9.17, 15) is 4.79 Å². The molecule has 0 atom stereocenters. The summed E-state index contributed by atoms with van der Waals surface area (Å²) in [7, 11) is 0. The molecule has 2 fully saturated rings. The van der Waals surface area contributed by atoms with Crippen LogP contribution in [-0.2, 0) is 9.53 Å². The van der Waals surface area contributed by atoms with Crippen LogP contribution in [0.4, 0.5) is 0 Å². The Morgan fingerprint density at radius 3 is 2.96 bits per heavy atom. The van der Waals surface area contributed by atoms with Crippen molar-refractivity contribution in [3.63, 3.8) is 0 Å². The Hall–Kier alpha value is -1.90. The first kappa shape index (κ1) is 17.9. The summed E-state index contributed by atoms with van der Waals surface area (Å²) < 4.78 is 11.2. The van der Waals surface area contributed by atoms with Crippen molar-refractivity contribution < 1.29 is 14.3 Å². The van der Waals surface area contributed by atoms with Crippen LogP contribution in [0.2, 0.25) is 0 Å². The van der Waals surface area contributed by atoms with Crippen molar-refractivity contribution >= 4 is 29.1 Å². The molecule has 2 aliphatic rings. The number of nitrogens with zero attached hydrogens (tertiary/aromatic N) is 3. The molecule has 134 valence electrons. The minimum absolute atomic E-state index is 0.0389. The molecule has 7 nitrogen and oxygen atoms in total. The van der Waals surface area contributed by atoms with Gasteiger partial charge in [-0.3, -0.25) is 9.69 Å². The van der Waals surface area contributed by atoms with E-state index in [2.05, 4.69) is 20.4 Å². The van der Waals surface area contributed by atoms with Gasteiger partial charge in [-0.15, -0.1) is 5.10 Å². The van der Waals surface area contributed by atoms with Crippen LogP contribution in [-0.4, -0.2) is 67.4 Å². The molecule has 8 heteroatoms. The van der Waals surface area contributed by atoms with Crippen molar-refractivity contribution in [1.29, 1.82) is 0 Å². The Morgan fingerprint density at radius 1 is 1.32 bits per heavy atom. The number of hydrogen-bond acceptors (Lipinski definition) is 7. The minimum atomic E-state index is -0.0389. The van der Waals surface area contributed by atoms with Crippen molar-refractivity contribution in [2.24, 2.45) is 10.2 Å². The molecular weight excluding hydrogens is 340 g/mol. The molecule has 0 aromatic heterocycles. The summed E-state index contributed by atoms with van der Waals surface area (Å²) in [5, 5.41) is 11.2. The highest BCUT2D eigenvalue weighted by atomic mass is 32.2. The maximum atomic E-state index is 11.1. The Morgan fingerprint density at radius 2 is 2.16 bits per heavy atom. The fourth-order valence-electron chi connectivity index (χ4n) is 2.54. The van der Waals surface area contributed by atoms with E-state index in [0.717, 1.165) is 50.6 Å². The number of amidine groups is 1. The molecule has 0 saturated carbocycles. The third-order valence-electron chi connectivity index (χ3n) is 3.83. The van der Waals surface area contributed by atoms with Gasteiger partial charge in [0.25, 0.3) is 0 Å². The number of benzene rings is 1. The Kier molecular flexibility index (Phi) is 6.84. The molecule has 2 saturated heterocycles. The lowest BCUT2D eigenvalue weighted by Crippen LogP contribution is -2.37. The van der Waals surface area contributed by atoms with Crippen LogP contribution in [0.3, 0.4) is 0 Å². The Bertz CT molecular complexity index is 645. The van der Waals surface area contributed by atoms with Gasteiger partial charge in [-0.2, -0.15) is 5.10 Å². The number of carbonyl (C=O) groups is 1. The highest BCUT2D eigenvalue weighted by molar-refractivity contribution is 8.15. The van der Waals surface area contributed by atoms with E-state index in [4.69, 9.17) is 9.47 Å². The molecule has 1 aromatic carbocycles. The molecule has 0 unspecified atom stereocenters. The molecule has 1 N–H and O–H groups in total.